The highest BCUT2D eigenvalue weighted by molar-refractivity contribution is 7.16. The molecule has 0 saturated carbocycles. The average molecular weight is 462 g/mol. The maximum absolute atomic E-state index is 12.7. The van der Waals surface area contributed by atoms with Gasteiger partial charge in [0.2, 0.25) is 0 Å². The Morgan fingerprint density at radius 1 is 1.09 bits per heavy atom. The molecule has 1 aliphatic heterocycles. The first kappa shape index (κ1) is 21.8. The summed E-state index contributed by atoms with van der Waals surface area (Å²) in [5.41, 5.74) is 4.68. The molecule has 170 valence electrons. The van der Waals surface area contributed by atoms with Crippen LogP contribution in [-0.2, 0) is 11.3 Å². The van der Waals surface area contributed by atoms with Gasteiger partial charge in [-0.25, -0.2) is 14.8 Å². The summed E-state index contributed by atoms with van der Waals surface area (Å²) in [6, 6.07) is 16.2. The monoisotopic (exact) mass is 461 g/mol. The minimum atomic E-state index is -0.347. The second-order valence-electron chi connectivity index (χ2n) is 8.28. The van der Waals surface area contributed by atoms with Crippen LogP contribution in [-0.4, -0.2) is 70.1 Å². The van der Waals surface area contributed by atoms with Gasteiger partial charge in [0.1, 0.15) is 11.2 Å². The summed E-state index contributed by atoms with van der Waals surface area (Å²) in [6.07, 6.45) is 1.78. The van der Waals surface area contributed by atoms with Crippen LogP contribution in [0.4, 0.5) is 0 Å². The molecule has 33 heavy (non-hydrogen) atoms. The molecule has 0 unspecified atom stereocenters. The number of rotatable bonds is 6. The molecular weight excluding hydrogens is 434 g/mol. The fourth-order valence-corrected chi connectivity index (χ4v) is 5.07. The van der Waals surface area contributed by atoms with Crippen molar-refractivity contribution >= 4 is 28.3 Å². The van der Waals surface area contributed by atoms with Crippen molar-refractivity contribution < 1.29 is 9.53 Å². The fourth-order valence-electron chi connectivity index (χ4n) is 4.11. The molecule has 0 radical (unpaired) electrons. The summed E-state index contributed by atoms with van der Waals surface area (Å²) in [5.74, 6) is -0.347. The van der Waals surface area contributed by atoms with Gasteiger partial charge in [0.15, 0.2) is 5.13 Å². The van der Waals surface area contributed by atoms with Crippen molar-refractivity contribution in [3.63, 3.8) is 0 Å². The maximum Gasteiger partial charge on any atom is 0.350 e. The van der Waals surface area contributed by atoms with E-state index in [-0.39, 0.29) is 5.97 Å². The third kappa shape index (κ3) is 4.55. The predicted octanol–water partition coefficient (Wildman–Crippen LogP) is 4.07. The number of hydrogen-bond donors (Lipinski definition) is 0. The largest absolute Gasteiger partial charge is 0.462 e. The number of carbonyl (C=O) groups is 1. The van der Waals surface area contributed by atoms with Gasteiger partial charge in [-0.05, 0) is 31.7 Å². The summed E-state index contributed by atoms with van der Waals surface area (Å²) in [6.45, 7) is 7.39. The Labute approximate surface area is 197 Å². The number of imidazole rings is 1. The van der Waals surface area contributed by atoms with Gasteiger partial charge in [-0.1, -0.05) is 47.7 Å². The number of hydrogen-bond acceptors (Lipinski definition) is 7. The lowest BCUT2D eigenvalue weighted by Crippen LogP contribution is -2.43. The topological polar surface area (TPSA) is 63.5 Å². The molecule has 0 aliphatic carbocycles. The second kappa shape index (κ2) is 9.43. The number of piperazine rings is 1. The first-order chi connectivity index (χ1) is 16.1. The van der Waals surface area contributed by atoms with Crippen LogP contribution in [0.15, 0.2) is 54.9 Å². The van der Waals surface area contributed by atoms with E-state index in [0.717, 1.165) is 49.3 Å². The molecule has 1 fully saturated rings. The van der Waals surface area contributed by atoms with E-state index >= 15 is 0 Å². The van der Waals surface area contributed by atoms with Gasteiger partial charge in [0.05, 0.1) is 23.3 Å². The van der Waals surface area contributed by atoms with E-state index in [1.54, 1.807) is 6.33 Å². The van der Waals surface area contributed by atoms with Crippen molar-refractivity contribution in [1.82, 2.24) is 24.3 Å². The number of thiazole rings is 1. The van der Waals surface area contributed by atoms with Crippen molar-refractivity contribution in [2.45, 2.75) is 13.5 Å². The van der Waals surface area contributed by atoms with Gasteiger partial charge in [0.25, 0.3) is 0 Å². The fraction of sp³-hybridized carbons (Fsp3) is 0.320. The summed E-state index contributed by atoms with van der Waals surface area (Å²) in [7, 11) is 2.17. The smallest absolute Gasteiger partial charge is 0.350 e. The molecule has 8 heteroatoms. The number of ether oxygens (including phenoxy) is 1. The highest BCUT2D eigenvalue weighted by atomic mass is 32.1. The molecule has 7 nitrogen and oxygen atoms in total. The number of fused-ring (bicyclic) bond motifs is 1. The number of carbonyl (C=O) groups excluding carboxylic acids is 1. The van der Waals surface area contributed by atoms with Crippen LogP contribution in [0.3, 0.4) is 0 Å². The van der Waals surface area contributed by atoms with Crippen molar-refractivity contribution in [3.05, 3.63) is 65.3 Å². The van der Waals surface area contributed by atoms with E-state index in [1.165, 1.54) is 16.9 Å². The zero-order valence-electron chi connectivity index (χ0n) is 18.9. The van der Waals surface area contributed by atoms with Gasteiger partial charge in [0, 0.05) is 38.3 Å². The number of nitrogens with zero attached hydrogens (tertiary/aromatic N) is 5. The van der Waals surface area contributed by atoms with Crippen LogP contribution in [0.1, 0.15) is 22.2 Å². The van der Waals surface area contributed by atoms with Gasteiger partial charge in [-0.15, -0.1) is 0 Å². The average Bonchev–Trinajstić information content (AvgIpc) is 3.46. The predicted molar refractivity (Wildman–Crippen MR) is 131 cm³/mol. The lowest BCUT2D eigenvalue weighted by Gasteiger charge is -2.32. The molecule has 3 heterocycles. The molecule has 0 N–H and O–H groups in total. The summed E-state index contributed by atoms with van der Waals surface area (Å²) in [5, 5.41) is 0.705. The van der Waals surface area contributed by atoms with Crippen molar-refractivity contribution in [2.24, 2.45) is 0 Å². The number of aromatic nitrogens is 3. The summed E-state index contributed by atoms with van der Waals surface area (Å²) in [4.78, 5) is 27.5. The van der Waals surface area contributed by atoms with Crippen molar-refractivity contribution in [3.8, 4) is 16.4 Å². The second-order valence-corrected chi connectivity index (χ2v) is 9.26. The molecule has 0 spiro atoms. The standard InChI is InChI=1S/C25H27N5O2S/c1-3-32-24(31)23-22(19-7-5-4-6-8-19)27-25(33-23)30-17-26-20-10-9-18(15-21(20)30)16-29-13-11-28(2)12-14-29/h4-10,15,17H,3,11-14,16H2,1-2H3. The van der Waals surface area contributed by atoms with E-state index in [1.807, 2.05) is 41.8 Å². The number of likely N-dealkylation sites (N-methyl/N-ethyl adjacent to an activating group) is 1. The van der Waals surface area contributed by atoms with E-state index in [4.69, 9.17) is 9.72 Å². The Kier molecular flexibility index (Phi) is 6.22. The quantitative estimate of drug-likeness (QED) is 0.403. The van der Waals surface area contributed by atoms with Gasteiger partial charge in [-0.3, -0.25) is 9.47 Å². The third-order valence-corrected chi connectivity index (χ3v) is 6.98. The molecule has 0 amide bonds. The van der Waals surface area contributed by atoms with Crippen LogP contribution >= 0.6 is 11.3 Å². The Morgan fingerprint density at radius 3 is 2.64 bits per heavy atom. The Morgan fingerprint density at radius 2 is 1.88 bits per heavy atom. The first-order valence-corrected chi connectivity index (χ1v) is 12.0. The van der Waals surface area contributed by atoms with E-state index in [2.05, 4.69) is 40.0 Å². The summed E-state index contributed by atoms with van der Waals surface area (Å²) >= 11 is 1.34. The van der Waals surface area contributed by atoms with Crippen LogP contribution < -0.4 is 0 Å². The van der Waals surface area contributed by atoms with E-state index < -0.39 is 0 Å². The Balaban J connectivity index is 1.51. The van der Waals surface area contributed by atoms with E-state index in [9.17, 15) is 4.79 Å². The van der Waals surface area contributed by atoms with Crippen LogP contribution in [0, 0.1) is 0 Å². The maximum atomic E-state index is 12.7. The molecule has 1 aliphatic rings. The normalized spacial score (nSPS) is 15.2. The number of benzene rings is 2. The summed E-state index contributed by atoms with van der Waals surface area (Å²) < 4.78 is 7.29. The van der Waals surface area contributed by atoms with Crippen molar-refractivity contribution in [1.29, 1.82) is 0 Å². The zero-order valence-corrected chi connectivity index (χ0v) is 19.7. The molecule has 4 aromatic rings. The minimum Gasteiger partial charge on any atom is -0.462 e. The molecular formula is C25H27N5O2S. The molecule has 0 bridgehead atoms. The molecule has 2 aromatic heterocycles. The molecule has 1 saturated heterocycles. The number of esters is 1. The van der Waals surface area contributed by atoms with Crippen molar-refractivity contribution in [2.75, 3.05) is 39.8 Å². The van der Waals surface area contributed by atoms with E-state index in [0.29, 0.717) is 22.3 Å². The lowest BCUT2D eigenvalue weighted by molar-refractivity contribution is 0.0532. The van der Waals surface area contributed by atoms with Gasteiger partial charge >= 0.3 is 5.97 Å². The molecule has 0 atom stereocenters. The highest BCUT2D eigenvalue weighted by Crippen LogP contribution is 2.32. The first-order valence-electron chi connectivity index (χ1n) is 11.2. The lowest BCUT2D eigenvalue weighted by atomic mass is 10.1. The molecule has 2 aromatic carbocycles. The third-order valence-electron chi connectivity index (χ3n) is 5.94. The van der Waals surface area contributed by atoms with Crippen LogP contribution in [0.5, 0.6) is 0 Å². The highest BCUT2D eigenvalue weighted by Gasteiger charge is 2.22. The van der Waals surface area contributed by atoms with Crippen LogP contribution in [0.25, 0.3) is 27.4 Å². The van der Waals surface area contributed by atoms with Gasteiger partial charge < -0.3 is 9.64 Å². The Hall–Kier alpha value is -3.07. The molecule has 5 rings (SSSR count). The zero-order chi connectivity index (χ0) is 22.8. The van der Waals surface area contributed by atoms with Crippen LogP contribution in [0.2, 0.25) is 0 Å². The SMILES string of the molecule is CCOC(=O)c1sc(-n2cnc3ccc(CN4CCN(C)CC4)cc32)nc1-c1ccccc1. The van der Waals surface area contributed by atoms with Gasteiger partial charge in [-0.2, -0.15) is 0 Å². The minimum absolute atomic E-state index is 0.323. The Bertz CT molecular complexity index is 1260.